The molecule has 6 heteroatoms. The van der Waals surface area contributed by atoms with Gasteiger partial charge in [-0.3, -0.25) is 0 Å². The first-order chi connectivity index (χ1) is 5.83. The second kappa shape index (κ2) is 5.05. The van der Waals surface area contributed by atoms with Crippen molar-refractivity contribution in [2.24, 2.45) is 7.05 Å². The van der Waals surface area contributed by atoms with Crippen molar-refractivity contribution in [2.45, 2.75) is 13.0 Å². The molecular weight excluding hydrogens is 178 g/mol. The Balaban J connectivity index is 2.15. The Kier molecular flexibility index (Phi) is 3.96. The number of nitrogens with zero attached hydrogens (tertiary/aromatic N) is 4. The number of tetrazole rings is 1. The van der Waals surface area contributed by atoms with Crippen LogP contribution in [0.2, 0.25) is 0 Å². The smallest absolute Gasteiger partial charge is 0.188 e. The summed E-state index contributed by atoms with van der Waals surface area (Å²) in [6.07, 6.45) is 0.960. The van der Waals surface area contributed by atoms with Crippen molar-refractivity contribution in [1.29, 1.82) is 0 Å². The Morgan fingerprint density at radius 2 is 2.42 bits per heavy atom. The van der Waals surface area contributed by atoms with Crippen LogP contribution in [0.1, 0.15) is 12.2 Å². The number of halogens is 1. The van der Waals surface area contributed by atoms with E-state index in [1.165, 1.54) is 4.80 Å². The number of aromatic nitrogens is 4. The first-order valence-electron chi connectivity index (χ1n) is 3.82. The third kappa shape index (κ3) is 3.15. The Morgan fingerprint density at radius 3 is 3.00 bits per heavy atom. The van der Waals surface area contributed by atoms with Gasteiger partial charge in [-0.1, -0.05) is 0 Å². The molecule has 1 N–H and O–H groups in total. The molecule has 0 bridgehead atoms. The highest BCUT2D eigenvalue weighted by Gasteiger charge is 1.97. The number of nitrogens with one attached hydrogen (secondary N) is 1. The SMILES string of the molecule is Cn1nnc(CNCCCCl)n1. The molecule has 0 radical (unpaired) electrons. The van der Waals surface area contributed by atoms with Gasteiger partial charge < -0.3 is 5.32 Å². The predicted octanol–water partition coefficient (Wildman–Crippen LogP) is -0.0714. The van der Waals surface area contributed by atoms with Crippen molar-refractivity contribution >= 4 is 11.6 Å². The fourth-order valence-electron chi connectivity index (χ4n) is 0.786. The summed E-state index contributed by atoms with van der Waals surface area (Å²) < 4.78 is 0. The van der Waals surface area contributed by atoms with Crippen LogP contribution >= 0.6 is 11.6 Å². The number of alkyl halides is 1. The number of rotatable bonds is 5. The quantitative estimate of drug-likeness (QED) is 0.521. The van der Waals surface area contributed by atoms with E-state index in [2.05, 4.69) is 20.7 Å². The minimum atomic E-state index is 0.657. The summed E-state index contributed by atoms with van der Waals surface area (Å²) in [7, 11) is 1.75. The average Bonchev–Trinajstić information content (AvgIpc) is 2.45. The number of hydrogen-bond acceptors (Lipinski definition) is 4. The first-order valence-corrected chi connectivity index (χ1v) is 4.36. The molecule has 0 saturated carbocycles. The minimum Gasteiger partial charge on any atom is -0.310 e. The molecule has 1 aromatic heterocycles. The highest BCUT2D eigenvalue weighted by atomic mass is 35.5. The molecular formula is C6H12ClN5. The monoisotopic (exact) mass is 189 g/mol. The largest absolute Gasteiger partial charge is 0.310 e. The maximum Gasteiger partial charge on any atom is 0.188 e. The maximum absolute atomic E-state index is 5.50. The van der Waals surface area contributed by atoms with E-state index < -0.39 is 0 Å². The van der Waals surface area contributed by atoms with Crippen molar-refractivity contribution in [2.75, 3.05) is 12.4 Å². The van der Waals surface area contributed by atoms with Crippen LogP contribution in [0.5, 0.6) is 0 Å². The van der Waals surface area contributed by atoms with Gasteiger partial charge in [0.2, 0.25) is 0 Å². The second-order valence-electron chi connectivity index (χ2n) is 2.41. The summed E-state index contributed by atoms with van der Waals surface area (Å²) in [6, 6.07) is 0. The fourth-order valence-corrected chi connectivity index (χ4v) is 0.920. The molecule has 5 nitrogen and oxygen atoms in total. The van der Waals surface area contributed by atoms with Gasteiger partial charge in [0.15, 0.2) is 5.82 Å². The molecule has 0 unspecified atom stereocenters. The zero-order valence-corrected chi connectivity index (χ0v) is 7.75. The Bertz CT molecular complexity index is 223. The molecule has 0 aliphatic rings. The second-order valence-corrected chi connectivity index (χ2v) is 2.79. The van der Waals surface area contributed by atoms with E-state index in [4.69, 9.17) is 11.6 Å². The molecule has 12 heavy (non-hydrogen) atoms. The van der Waals surface area contributed by atoms with Crippen molar-refractivity contribution in [1.82, 2.24) is 25.5 Å². The van der Waals surface area contributed by atoms with Crippen molar-refractivity contribution in [3.8, 4) is 0 Å². The van der Waals surface area contributed by atoms with Gasteiger partial charge in [0.05, 0.1) is 13.6 Å². The molecule has 0 saturated heterocycles. The van der Waals surface area contributed by atoms with Gasteiger partial charge in [-0.05, 0) is 18.2 Å². The van der Waals surface area contributed by atoms with Gasteiger partial charge in [0.25, 0.3) is 0 Å². The molecule has 0 fully saturated rings. The van der Waals surface area contributed by atoms with E-state index in [1.807, 2.05) is 0 Å². The van der Waals surface area contributed by atoms with Crippen LogP contribution in [0.4, 0.5) is 0 Å². The molecule has 1 aromatic rings. The Hall–Kier alpha value is -0.680. The molecule has 1 heterocycles. The van der Waals surface area contributed by atoms with Gasteiger partial charge >= 0.3 is 0 Å². The van der Waals surface area contributed by atoms with Gasteiger partial charge in [-0.25, -0.2) is 0 Å². The zero-order valence-electron chi connectivity index (χ0n) is 7.00. The van der Waals surface area contributed by atoms with Crippen LogP contribution in [-0.2, 0) is 13.6 Å². The van der Waals surface area contributed by atoms with E-state index in [1.54, 1.807) is 7.05 Å². The lowest BCUT2D eigenvalue weighted by atomic mass is 10.4. The summed E-state index contributed by atoms with van der Waals surface area (Å²) in [5.41, 5.74) is 0. The fraction of sp³-hybridized carbons (Fsp3) is 0.833. The van der Waals surface area contributed by atoms with E-state index in [9.17, 15) is 0 Å². The highest BCUT2D eigenvalue weighted by Crippen LogP contribution is 1.85. The van der Waals surface area contributed by atoms with Gasteiger partial charge in [-0.2, -0.15) is 4.80 Å². The lowest BCUT2D eigenvalue weighted by molar-refractivity contribution is 0.618. The van der Waals surface area contributed by atoms with E-state index in [0.717, 1.165) is 13.0 Å². The summed E-state index contributed by atoms with van der Waals surface area (Å²) in [4.78, 5) is 1.44. The third-order valence-corrected chi connectivity index (χ3v) is 1.59. The van der Waals surface area contributed by atoms with Crippen molar-refractivity contribution in [3.63, 3.8) is 0 Å². The average molecular weight is 190 g/mol. The maximum atomic E-state index is 5.50. The van der Waals surface area contributed by atoms with Crippen LogP contribution in [-0.4, -0.2) is 32.6 Å². The van der Waals surface area contributed by atoms with Gasteiger partial charge in [-0.15, -0.1) is 21.8 Å². The molecule has 1 rings (SSSR count). The zero-order chi connectivity index (χ0) is 8.81. The van der Waals surface area contributed by atoms with E-state index in [-0.39, 0.29) is 0 Å². The standard InChI is InChI=1S/C6H12ClN5/c1-12-10-6(9-11-12)5-8-4-2-3-7/h8H,2-5H2,1H3. The molecule has 0 aromatic carbocycles. The van der Waals surface area contributed by atoms with E-state index in [0.29, 0.717) is 18.2 Å². The molecule has 0 spiro atoms. The van der Waals surface area contributed by atoms with Crippen LogP contribution < -0.4 is 5.32 Å². The topological polar surface area (TPSA) is 55.6 Å². The number of hydrogen-bond donors (Lipinski definition) is 1. The molecule has 0 atom stereocenters. The third-order valence-electron chi connectivity index (χ3n) is 1.32. The molecule has 0 aliphatic carbocycles. The summed E-state index contributed by atoms with van der Waals surface area (Å²) in [5, 5.41) is 14.7. The predicted molar refractivity (Wildman–Crippen MR) is 45.8 cm³/mol. The molecule has 68 valence electrons. The normalized spacial score (nSPS) is 10.5. The number of aryl methyl sites for hydroxylation is 1. The molecule has 0 aliphatic heterocycles. The summed E-state index contributed by atoms with van der Waals surface area (Å²) in [5.74, 6) is 1.40. The van der Waals surface area contributed by atoms with Crippen LogP contribution in [0.3, 0.4) is 0 Å². The first kappa shape index (κ1) is 9.41. The highest BCUT2D eigenvalue weighted by molar-refractivity contribution is 6.17. The van der Waals surface area contributed by atoms with Crippen molar-refractivity contribution in [3.05, 3.63) is 5.82 Å². The molecule has 0 amide bonds. The minimum absolute atomic E-state index is 0.657. The van der Waals surface area contributed by atoms with Crippen LogP contribution in [0, 0.1) is 0 Å². The van der Waals surface area contributed by atoms with Crippen LogP contribution in [0.15, 0.2) is 0 Å². The van der Waals surface area contributed by atoms with Crippen LogP contribution in [0.25, 0.3) is 0 Å². The summed E-state index contributed by atoms with van der Waals surface area (Å²) in [6.45, 7) is 1.55. The Labute approximate surface area is 76.1 Å². The Morgan fingerprint density at radius 1 is 1.58 bits per heavy atom. The van der Waals surface area contributed by atoms with Crippen molar-refractivity contribution < 1.29 is 0 Å². The lowest BCUT2D eigenvalue weighted by Gasteiger charge is -1.97. The lowest BCUT2D eigenvalue weighted by Crippen LogP contribution is -2.16. The van der Waals surface area contributed by atoms with E-state index >= 15 is 0 Å². The van der Waals surface area contributed by atoms with Gasteiger partial charge in [0.1, 0.15) is 0 Å². The summed E-state index contributed by atoms with van der Waals surface area (Å²) >= 11 is 5.50. The van der Waals surface area contributed by atoms with Gasteiger partial charge in [0, 0.05) is 5.88 Å².